The van der Waals surface area contributed by atoms with Crippen molar-refractivity contribution in [1.29, 1.82) is 0 Å². The Labute approximate surface area is 205 Å². The Bertz CT molecular complexity index is 638. The molecule has 0 radical (unpaired) electrons. The lowest BCUT2D eigenvalue weighted by atomic mass is 10.1. The summed E-state index contributed by atoms with van der Waals surface area (Å²) in [5.74, 6) is 1.71. The van der Waals surface area contributed by atoms with E-state index in [4.69, 9.17) is 9.47 Å². The first kappa shape index (κ1) is 26.4. The third-order valence-electron chi connectivity index (χ3n) is 6.37. The molecule has 2 heterocycles. The van der Waals surface area contributed by atoms with Crippen LogP contribution in [0, 0.1) is 5.92 Å². The Hall–Kier alpha value is -0.900. The van der Waals surface area contributed by atoms with Crippen LogP contribution >= 0.6 is 24.0 Å². The summed E-state index contributed by atoms with van der Waals surface area (Å²) in [7, 11) is 3.64. The van der Waals surface area contributed by atoms with Gasteiger partial charge in [-0.1, -0.05) is 30.3 Å². The first-order valence-corrected chi connectivity index (χ1v) is 11.5. The van der Waals surface area contributed by atoms with Gasteiger partial charge < -0.3 is 19.7 Å². The molecule has 2 aliphatic rings. The molecule has 31 heavy (non-hydrogen) atoms. The molecule has 2 unspecified atom stereocenters. The number of ether oxygens (including phenoxy) is 2. The number of hydrogen-bond donors (Lipinski definition) is 1. The number of rotatable bonds is 9. The molecule has 3 rings (SSSR count). The summed E-state index contributed by atoms with van der Waals surface area (Å²) >= 11 is 0. The first-order chi connectivity index (χ1) is 14.7. The molecule has 6 nitrogen and oxygen atoms in total. The number of methoxy groups -OCH3 is 1. The van der Waals surface area contributed by atoms with E-state index in [9.17, 15) is 0 Å². The van der Waals surface area contributed by atoms with E-state index in [2.05, 4.69) is 57.4 Å². The van der Waals surface area contributed by atoms with Gasteiger partial charge in [-0.25, -0.2) is 0 Å². The van der Waals surface area contributed by atoms with Crippen LogP contribution in [0.4, 0.5) is 0 Å². The number of nitrogens with zero attached hydrogens (tertiary/aromatic N) is 3. The quantitative estimate of drug-likeness (QED) is 0.223. The van der Waals surface area contributed by atoms with Crippen LogP contribution in [0.1, 0.15) is 38.2 Å². The Morgan fingerprint density at radius 2 is 1.90 bits per heavy atom. The summed E-state index contributed by atoms with van der Waals surface area (Å²) in [6, 6.07) is 11.4. The molecule has 0 bridgehead atoms. The van der Waals surface area contributed by atoms with Crippen molar-refractivity contribution in [3.05, 3.63) is 35.9 Å². The number of aliphatic imine (C=N–C) groups is 1. The molecule has 0 aromatic heterocycles. The van der Waals surface area contributed by atoms with Gasteiger partial charge in [0, 0.05) is 66.1 Å². The number of halogens is 1. The topological polar surface area (TPSA) is 49.3 Å². The monoisotopic (exact) mass is 544 g/mol. The average Bonchev–Trinajstić information content (AvgIpc) is 3.12. The van der Waals surface area contributed by atoms with E-state index >= 15 is 0 Å². The van der Waals surface area contributed by atoms with Gasteiger partial charge >= 0.3 is 0 Å². The molecule has 1 aromatic carbocycles. The summed E-state index contributed by atoms with van der Waals surface area (Å²) in [6.07, 6.45) is 4.73. The van der Waals surface area contributed by atoms with E-state index < -0.39 is 0 Å². The van der Waals surface area contributed by atoms with Gasteiger partial charge in [0.25, 0.3) is 0 Å². The molecule has 176 valence electrons. The summed E-state index contributed by atoms with van der Waals surface area (Å²) in [4.78, 5) is 9.54. The third kappa shape index (κ3) is 8.51. The molecule has 0 spiro atoms. The van der Waals surface area contributed by atoms with Crippen molar-refractivity contribution in [3.8, 4) is 0 Å². The predicted molar refractivity (Wildman–Crippen MR) is 138 cm³/mol. The van der Waals surface area contributed by atoms with Crippen molar-refractivity contribution in [2.24, 2.45) is 10.9 Å². The second-order valence-electron chi connectivity index (χ2n) is 8.70. The molecule has 0 aliphatic carbocycles. The molecule has 7 heteroatoms. The fraction of sp³-hybridized carbons (Fsp3) is 0.708. The van der Waals surface area contributed by atoms with Crippen LogP contribution in [-0.2, 0) is 16.0 Å². The van der Waals surface area contributed by atoms with E-state index in [0.717, 1.165) is 71.2 Å². The minimum Gasteiger partial charge on any atom is -0.385 e. The maximum atomic E-state index is 5.99. The number of nitrogens with one attached hydrogen (secondary N) is 1. The lowest BCUT2D eigenvalue weighted by Gasteiger charge is -2.34. The summed E-state index contributed by atoms with van der Waals surface area (Å²) in [6.45, 7) is 9.14. The SMILES string of the molecule is CN=C(NCC1CC(C)N(Cc2ccccc2)C1)N1CCC(OCCCOC)CC1.I. The van der Waals surface area contributed by atoms with Gasteiger partial charge in [0.1, 0.15) is 0 Å². The second kappa shape index (κ2) is 14.3. The van der Waals surface area contributed by atoms with E-state index in [1.54, 1.807) is 7.11 Å². The highest BCUT2D eigenvalue weighted by molar-refractivity contribution is 14.0. The Balaban J connectivity index is 0.00000341. The smallest absolute Gasteiger partial charge is 0.193 e. The molecular weight excluding hydrogens is 503 g/mol. The van der Waals surface area contributed by atoms with Crippen molar-refractivity contribution in [3.63, 3.8) is 0 Å². The Morgan fingerprint density at radius 3 is 2.58 bits per heavy atom. The van der Waals surface area contributed by atoms with Crippen LogP contribution in [0.5, 0.6) is 0 Å². The standard InChI is InChI=1S/C24H40N4O2.HI/c1-20-16-22(19-28(20)18-21-8-5-4-6-9-21)17-26-24(25-2)27-12-10-23(11-13-27)30-15-7-14-29-3;/h4-6,8-9,20,22-23H,7,10-19H2,1-3H3,(H,25,26);1H. The zero-order valence-corrected chi connectivity index (χ0v) is 21.8. The van der Waals surface area contributed by atoms with Gasteiger partial charge in [0.05, 0.1) is 6.10 Å². The molecular formula is C24H41IN4O2. The highest BCUT2D eigenvalue weighted by Gasteiger charge is 2.29. The van der Waals surface area contributed by atoms with Crippen molar-refractivity contribution in [2.75, 3.05) is 53.6 Å². The van der Waals surface area contributed by atoms with Gasteiger partial charge in [-0.2, -0.15) is 0 Å². The van der Waals surface area contributed by atoms with E-state index in [1.165, 1.54) is 12.0 Å². The summed E-state index contributed by atoms with van der Waals surface area (Å²) in [5.41, 5.74) is 1.40. The van der Waals surface area contributed by atoms with Crippen LogP contribution in [0.25, 0.3) is 0 Å². The first-order valence-electron chi connectivity index (χ1n) is 11.5. The van der Waals surface area contributed by atoms with Crippen LogP contribution in [0.3, 0.4) is 0 Å². The molecule has 0 amide bonds. The molecule has 2 fully saturated rings. The van der Waals surface area contributed by atoms with Crippen LogP contribution < -0.4 is 5.32 Å². The number of guanidine groups is 1. The largest absolute Gasteiger partial charge is 0.385 e. The summed E-state index contributed by atoms with van der Waals surface area (Å²) in [5, 5.41) is 3.65. The fourth-order valence-corrected chi connectivity index (χ4v) is 4.66. The maximum Gasteiger partial charge on any atom is 0.193 e. The molecule has 2 atom stereocenters. The Kier molecular flexibility index (Phi) is 12.1. The normalized spacial score (nSPS) is 23.1. The van der Waals surface area contributed by atoms with Crippen LogP contribution in [-0.4, -0.2) is 81.5 Å². The van der Waals surface area contributed by atoms with Gasteiger partial charge in [0.15, 0.2) is 5.96 Å². The highest BCUT2D eigenvalue weighted by Crippen LogP contribution is 2.24. The molecule has 1 aromatic rings. The lowest BCUT2D eigenvalue weighted by Crippen LogP contribution is -2.48. The zero-order valence-electron chi connectivity index (χ0n) is 19.5. The minimum absolute atomic E-state index is 0. The predicted octanol–water partition coefficient (Wildman–Crippen LogP) is 3.61. The lowest BCUT2D eigenvalue weighted by molar-refractivity contribution is 0.00988. The van der Waals surface area contributed by atoms with Gasteiger partial charge in [-0.15, -0.1) is 24.0 Å². The van der Waals surface area contributed by atoms with E-state index in [0.29, 0.717) is 18.1 Å². The maximum absolute atomic E-state index is 5.99. The van der Waals surface area contributed by atoms with Crippen LogP contribution in [0.15, 0.2) is 35.3 Å². The van der Waals surface area contributed by atoms with Crippen molar-refractivity contribution < 1.29 is 9.47 Å². The molecule has 2 aliphatic heterocycles. The zero-order chi connectivity index (χ0) is 21.2. The van der Waals surface area contributed by atoms with E-state index in [1.807, 2.05) is 7.05 Å². The van der Waals surface area contributed by atoms with Crippen molar-refractivity contribution >= 4 is 29.9 Å². The van der Waals surface area contributed by atoms with Crippen LogP contribution in [0.2, 0.25) is 0 Å². The molecule has 2 saturated heterocycles. The fourth-order valence-electron chi connectivity index (χ4n) is 4.66. The van der Waals surface area contributed by atoms with Gasteiger partial charge in [0.2, 0.25) is 0 Å². The Morgan fingerprint density at radius 1 is 1.16 bits per heavy atom. The van der Waals surface area contributed by atoms with Gasteiger partial charge in [-0.3, -0.25) is 9.89 Å². The number of benzene rings is 1. The summed E-state index contributed by atoms with van der Waals surface area (Å²) < 4.78 is 11.1. The average molecular weight is 545 g/mol. The minimum atomic E-state index is 0. The van der Waals surface area contributed by atoms with Crippen molar-refractivity contribution in [2.45, 2.75) is 51.3 Å². The molecule has 1 N–H and O–H groups in total. The number of likely N-dealkylation sites (tertiary alicyclic amines) is 2. The van der Waals surface area contributed by atoms with Crippen molar-refractivity contribution in [1.82, 2.24) is 15.1 Å². The molecule has 0 saturated carbocycles. The number of hydrogen-bond acceptors (Lipinski definition) is 4. The highest BCUT2D eigenvalue weighted by atomic mass is 127. The third-order valence-corrected chi connectivity index (χ3v) is 6.37. The van der Waals surface area contributed by atoms with E-state index in [-0.39, 0.29) is 24.0 Å². The van der Waals surface area contributed by atoms with Gasteiger partial charge in [-0.05, 0) is 44.1 Å². The second-order valence-corrected chi connectivity index (χ2v) is 8.70. The number of piperidine rings is 1.